The molecule has 0 amide bonds. The van der Waals surface area contributed by atoms with Gasteiger partial charge in [-0.25, -0.2) is 9.37 Å². The molecule has 0 saturated heterocycles. The number of Topliss-reactive ketones (excluding diaryl/α,β-unsaturated/α-hetero) is 1. The van der Waals surface area contributed by atoms with E-state index in [9.17, 15) is 9.18 Å². The van der Waals surface area contributed by atoms with Crippen molar-refractivity contribution in [1.82, 2.24) is 9.97 Å². The van der Waals surface area contributed by atoms with E-state index >= 15 is 0 Å². The third kappa shape index (κ3) is 2.37. The molecule has 0 unspecified atom stereocenters. The molecule has 0 radical (unpaired) electrons. The molecule has 3 rings (SSSR count). The summed E-state index contributed by atoms with van der Waals surface area (Å²) < 4.78 is 14.5. The molecule has 94 valence electrons. The lowest BCUT2D eigenvalue weighted by atomic mass is 10.2. The standard InChI is InChI=1S/C14H9FN2OS/c15-9-4-3-7-16-14(9)11(18)8-13-17-10-5-1-2-6-12(10)19-13/h1-7H,8H2. The normalized spacial score (nSPS) is 10.8. The molecular weight excluding hydrogens is 263 g/mol. The summed E-state index contributed by atoms with van der Waals surface area (Å²) in [5.74, 6) is -0.939. The fourth-order valence-electron chi connectivity index (χ4n) is 1.81. The molecule has 0 atom stereocenters. The Bertz CT molecular complexity index is 721. The molecule has 2 heterocycles. The number of hydrogen-bond acceptors (Lipinski definition) is 4. The summed E-state index contributed by atoms with van der Waals surface area (Å²) in [5.41, 5.74) is 0.735. The van der Waals surface area contributed by atoms with E-state index in [4.69, 9.17) is 0 Å². The van der Waals surface area contributed by atoms with Gasteiger partial charge in [-0.15, -0.1) is 11.3 Å². The predicted octanol–water partition coefficient (Wildman–Crippen LogP) is 3.26. The number of hydrogen-bond donors (Lipinski definition) is 0. The van der Waals surface area contributed by atoms with Gasteiger partial charge in [0.05, 0.1) is 16.6 Å². The Morgan fingerprint density at radius 1 is 1.21 bits per heavy atom. The molecule has 0 saturated carbocycles. The van der Waals surface area contributed by atoms with Crippen LogP contribution < -0.4 is 0 Å². The van der Waals surface area contributed by atoms with Crippen LogP contribution in [0.5, 0.6) is 0 Å². The van der Waals surface area contributed by atoms with Crippen LogP contribution in [0.2, 0.25) is 0 Å². The van der Waals surface area contributed by atoms with Crippen molar-refractivity contribution in [2.75, 3.05) is 0 Å². The first-order valence-corrected chi connectivity index (χ1v) is 6.54. The van der Waals surface area contributed by atoms with Gasteiger partial charge < -0.3 is 0 Å². The summed E-state index contributed by atoms with van der Waals surface area (Å²) in [5, 5.41) is 0.677. The van der Waals surface area contributed by atoms with Crippen molar-refractivity contribution < 1.29 is 9.18 Å². The number of pyridine rings is 1. The van der Waals surface area contributed by atoms with Gasteiger partial charge >= 0.3 is 0 Å². The molecule has 19 heavy (non-hydrogen) atoms. The predicted molar refractivity (Wildman–Crippen MR) is 71.8 cm³/mol. The van der Waals surface area contributed by atoms with Crippen molar-refractivity contribution >= 4 is 27.3 Å². The lowest BCUT2D eigenvalue weighted by Crippen LogP contribution is -2.08. The van der Waals surface area contributed by atoms with E-state index in [-0.39, 0.29) is 17.9 Å². The second-order valence-electron chi connectivity index (χ2n) is 4.01. The molecule has 2 aromatic heterocycles. The number of carbonyl (C=O) groups is 1. The van der Waals surface area contributed by atoms with Crippen LogP contribution in [0.1, 0.15) is 15.5 Å². The van der Waals surface area contributed by atoms with Crippen LogP contribution in [0.3, 0.4) is 0 Å². The molecular formula is C14H9FN2OS. The minimum atomic E-state index is -0.589. The summed E-state index contributed by atoms with van der Waals surface area (Å²) >= 11 is 1.44. The first-order chi connectivity index (χ1) is 9.24. The van der Waals surface area contributed by atoms with Gasteiger partial charge in [0.15, 0.2) is 11.6 Å². The van der Waals surface area contributed by atoms with Crippen LogP contribution in [0.4, 0.5) is 4.39 Å². The van der Waals surface area contributed by atoms with E-state index in [1.807, 2.05) is 24.3 Å². The molecule has 3 aromatic rings. The zero-order valence-electron chi connectivity index (χ0n) is 9.84. The number of rotatable bonds is 3. The highest BCUT2D eigenvalue weighted by Gasteiger charge is 2.15. The van der Waals surface area contributed by atoms with E-state index < -0.39 is 5.82 Å². The largest absolute Gasteiger partial charge is 0.292 e. The Kier molecular flexibility index (Phi) is 3.05. The first kappa shape index (κ1) is 11.9. The van der Waals surface area contributed by atoms with Gasteiger partial charge in [-0.3, -0.25) is 9.78 Å². The minimum absolute atomic E-state index is 0.0767. The summed E-state index contributed by atoms with van der Waals surface area (Å²) in [6, 6.07) is 10.3. The Labute approximate surface area is 112 Å². The number of nitrogens with zero attached hydrogens (tertiary/aromatic N) is 2. The summed E-state index contributed by atoms with van der Waals surface area (Å²) in [6.07, 6.45) is 1.49. The summed E-state index contributed by atoms with van der Waals surface area (Å²) in [6.45, 7) is 0. The molecule has 0 aliphatic carbocycles. The van der Waals surface area contributed by atoms with Crippen molar-refractivity contribution in [1.29, 1.82) is 0 Å². The van der Waals surface area contributed by atoms with Gasteiger partial charge in [-0.2, -0.15) is 0 Å². The van der Waals surface area contributed by atoms with Gasteiger partial charge in [0.2, 0.25) is 0 Å². The molecule has 0 aliphatic rings. The summed E-state index contributed by atoms with van der Waals surface area (Å²) in [7, 11) is 0. The number of thiazole rings is 1. The van der Waals surface area contributed by atoms with Crippen LogP contribution >= 0.6 is 11.3 Å². The van der Waals surface area contributed by atoms with Crippen LogP contribution in [-0.4, -0.2) is 15.8 Å². The Hall–Kier alpha value is -2.14. The number of carbonyl (C=O) groups excluding carboxylic acids is 1. The zero-order valence-corrected chi connectivity index (χ0v) is 10.7. The van der Waals surface area contributed by atoms with Gasteiger partial charge in [0.25, 0.3) is 0 Å². The molecule has 1 aromatic carbocycles. The number of benzene rings is 1. The second-order valence-corrected chi connectivity index (χ2v) is 5.12. The van der Waals surface area contributed by atoms with Crippen molar-refractivity contribution in [3.05, 3.63) is 59.1 Å². The molecule has 0 spiro atoms. The Morgan fingerprint density at radius 3 is 2.84 bits per heavy atom. The zero-order chi connectivity index (χ0) is 13.2. The van der Waals surface area contributed by atoms with Gasteiger partial charge in [0, 0.05) is 6.20 Å². The number of aromatic nitrogens is 2. The van der Waals surface area contributed by atoms with Crippen molar-refractivity contribution in [3.8, 4) is 0 Å². The quantitative estimate of drug-likeness (QED) is 0.687. The monoisotopic (exact) mass is 272 g/mol. The number of ketones is 1. The maximum atomic E-state index is 13.4. The Morgan fingerprint density at radius 2 is 2.05 bits per heavy atom. The Balaban J connectivity index is 1.89. The van der Waals surface area contributed by atoms with Gasteiger partial charge in [-0.1, -0.05) is 12.1 Å². The van der Waals surface area contributed by atoms with Gasteiger partial charge in [-0.05, 0) is 24.3 Å². The van der Waals surface area contributed by atoms with Crippen LogP contribution in [0.25, 0.3) is 10.2 Å². The van der Waals surface area contributed by atoms with Crippen molar-refractivity contribution in [2.24, 2.45) is 0 Å². The average Bonchev–Trinajstić information content (AvgIpc) is 2.81. The lowest BCUT2D eigenvalue weighted by molar-refractivity contribution is 0.0984. The van der Waals surface area contributed by atoms with Crippen LogP contribution in [0, 0.1) is 5.82 Å². The van der Waals surface area contributed by atoms with Crippen molar-refractivity contribution in [2.45, 2.75) is 6.42 Å². The third-order valence-corrected chi connectivity index (χ3v) is 3.71. The SMILES string of the molecule is O=C(Cc1nc2ccccc2s1)c1ncccc1F. The fraction of sp³-hybridized carbons (Fsp3) is 0.0714. The average molecular weight is 272 g/mol. The molecule has 0 aliphatic heterocycles. The highest BCUT2D eigenvalue weighted by atomic mass is 32.1. The molecule has 5 heteroatoms. The van der Waals surface area contributed by atoms with E-state index in [1.165, 1.54) is 29.7 Å². The molecule has 0 bridgehead atoms. The maximum absolute atomic E-state index is 13.4. The third-order valence-electron chi connectivity index (χ3n) is 2.67. The lowest BCUT2D eigenvalue weighted by Gasteiger charge is -1.98. The molecule has 0 N–H and O–H groups in total. The molecule has 3 nitrogen and oxygen atoms in total. The number of fused-ring (bicyclic) bond motifs is 1. The van der Waals surface area contributed by atoms with Gasteiger partial charge in [0.1, 0.15) is 10.7 Å². The smallest absolute Gasteiger partial charge is 0.190 e. The fourth-order valence-corrected chi connectivity index (χ4v) is 2.77. The first-order valence-electron chi connectivity index (χ1n) is 5.72. The number of halogens is 1. The van der Waals surface area contributed by atoms with E-state index in [0.29, 0.717) is 5.01 Å². The topological polar surface area (TPSA) is 42.9 Å². The minimum Gasteiger partial charge on any atom is -0.292 e. The summed E-state index contributed by atoms with van der Waals surface area (Å²) in [4.78, 5) is 20.1. The van der Waals surface area contributed by atoms with E-state index in [1.54, 1.807) is 0 Å². The highest BCUT2D eigenvalue weighted by molar-refractivity contribution is 7.18. The van der Waals surface area contributed by atoms with Crippen LogP contribution in [-0.2, 0) is 6.42 Å². The van der Waals surface area contributed by atoms with Crippen molar-refractivity contribution in [3.63, 3.8) is 0 Å². The second kappa shape index (κ2) is 4.85. The van der Waals surface area contributed by atoms with E-state index in [2.05, 4.69) is 9.97 Å². The molecule has 0 fully saturated rings. The van der Waals surface area contributed by atoms with Crippen LogP contribution in [0.15, 0.2) is 42.6 Å². The van der Waals surface area contributed by atoms with E-state index in [0.717, 1.165) is 10.2 Å². The highest BCUT2D eigenvalue weighted by Crippen LogP contribution is 2.22. The maximum Gasteiger partial charge on any atom is 0.190 e. The number of para-hydroxylation sites is 1.